The van der Waals surface area contributed by atoms with Crippen molar-refractivity contribution in [2.75, 3.05) is 0 Å². The van der Waals surface area contributed by atoms with Gasteiger partial charge >= 0.3 is 0 Å². The zero-order valence-electron chi connectivity index (χ0n) is 19.8. The molecule has 1 N–H and O–H groups in total. The maximum atomic E-state index is 13.7. The molecule has 3 aromatic carbocycles. The SMILES string of the molecule is CCC(C)NC(=O)C(Cc1ccccc1)N(Cc1cccc(Cl)c1)C(=O)Cc1ccc(Cl)c(Cl)c1. The molecule has 0 aliphatic rings. The minimum absolute atomic E-state index is 0.0148. The van der Waals surface area contributed by atoms with Crippen molar-refractivity contribution >= 4 is 46.6 Å². The Hall–Kier alpha value is -2.53. The van der Waals surface area contributed by atoms with Gasteiger partial charge in [0.1, 0.15) is 6.04 Å². The van der Waals surface area contributed by atoms with Gasteiger partial charge in [0.05, 0.1) is 16.5 Å². The summed E-state index contributed by atoms with van der Waals surface area (Å²) in [5, 5.41) is 4.45. The molecule has 0 fully saturated rings. The molecule has 3 rings (SSSR count). The fourth-order valence-corrected chi connectivity index (χ4v) is 4.29. The molecule has 35 heavy (non-hydrogen) atoms. The lowest BCUT2D eigenvalue weighted by Crippen LogP contribution is -2.52. The van der Waals surface area contributed by atoms with Crippen molar-refractivity contribution in [3.63, 3.8) is 0 Å². The lowest BCUT2D eigenvalue weighted by atomic mass is 10.0. The highest BCUT2D eigenvalue weighted by atomic mass is 35.5. The fraction of sp³-hybridized carbons (Fsp3) is 0.286. The molecule has 0 radical (unpaired) electrons. The molecule has 184 valence electrons. The van der Waals surface area contributed by atoms with E-state index in [0.29, 0.717) is 21.5 Å². The highest BCUT2D eigenvalue weighted by Gasteiger charge is 2.31. The summed E-state index contributed by atoms with van der Waals surface area (Å²) in [5.41, 5.74) is 2.53. The smallest absolute Gasteiger partial charge is 0.243 e. The van der Waals surface area contributed by atoms with Gasteiger partial charge in [-0.3, -0.25) is 9.59 Å². The molecular weight excluding hydrogens is 503 g/mol. The van der Waals surface area contributed by atoms with Crippen LogP contribution in [0.4, 0.5) is 0 Å². The van der Waals surface area contributed by atoms with Crippen LogP contribution >= 0.6 is 34.8 Å². The molecule has 2 atom stereocenters. The summed E-state index contributed by atoms with van der Waals surface area (Å²) in [6.45, 7) is 4.21. The number of hydrogen-bond donors (Lipinski definition) is 1. The molecule has 0 aromatic heterocycles. The summed E-state index contributed by atoms with van der Waals surface area (Å²) in [5.74, 6) is -0.378. The maximum absolute atomic E-state index is 13.7. The average molecular weight is 532 g/mol. The van der Waals surface area contributed by atoms with Crippen LogP contribution in [0, 0.1) is 0 Å². The van der Waals surface area contributed by atoms with Gasteiger partial charge in [0.2, 0.25) is 11.8 Å². The molecule has 2 amide bonds. The summed E-state index contributed by atoms with van der Waals surface area (Å²) in [6.07, 6.45) is 1.26. The molecular formula is C28H29Cl3N2O2. The van der Waals surface area contributed by atoms with Gasteiger partial charge in [0, 0.05) is 24.0 Å². The van der Waals surface area contributed by atoms with Gasteiger partial charge in [0.15, 0.2) is 0 Å². The van der Waals surface area contributed by atoms with E-state index in [1.807, 2.05) is 62.4 Å². The first kappa shape index (κ1) is 27.1. The van der Waals surface area contributed by atoms with Crippen molar-refractivity contribution in [1.82, 2.24) is 10.2 Å². The molecule has 4 nitrogen and oxygen atoms in total. The Morgan fingerprint density at radius 3 is 2.23 bits per heavy atom. The average Bonchev–Trinajstić information content (AvgIpc) is 2.84. The van der Waals surface area contributed by atoms with Gasteiger partial charge < -0.3 is 10.2 Å². The molecule has 0 saturated heterocycles. The number of rotatable bonds is 10. The topological polar surface area (TPSA) is 49.4 Å². The lowest BCUT2D eigenvalue weighted by molar-refractivity contribution is -0.141. The van der Waals surface area contributed by atoms with Gasteiger partial charge in [-0.2, -0.15) is 0 Å². The highest BCUT2D eigenvalue weighted by Crippen LogP contribution is 2.24. The van der Waals surface area contributed by atoms with Crippen LogP contribution in [0.15, 0.2) is 72.8 Å². The summed E-state index contributed by atoms with van der Waals surface area (Å²) in [4.78, 5) is 28.9. The summed E-state index contributed by atoms with van der Waals surface area (Å²) in [6, 6.07) is 21.4. The van der Waals surface area contributed by atoms with Crippen LogP contribution in [0.5, 0.6) is 0 Å². The predicted octanol–water partition coefficient (Wildman–Crippen LogP) is 6.74. The van der Waals surface area contributed by atoms with Crippen LogP contribution in [0.2, 0.25) is 15.1 Å². The van der Waals surface area contributed by atoms with Crippen LogP contribution in [-0.4, -0.2) is 28.8 Å². The number of hydrogen-bond acceptors (Lipinski definition) is 2. The summed E-state index contributed by atoms with van der Waals surface area (Å²) in [7, 11) is 0. The monoisotopic (exact) mass is 530 g/mol. The van der Waals surface area contributed by atoms with Crippen LogP contribution in [0.25, 0.3) is 0 Å². The zero-order valence-corrected chi connectivity index (χ0v) is 22.1. The van der Waals surface area contributed by atoms with Crippen LogP contribution in [0.3, 0.4) is 0 Å². The lowest BCUT2D eigenvalue weighted by Gasteiger charge is -2.32. The van der Waals surface area contributed by atoms with Gasteiger partial charge in [-0.15, -0.1) is 0 Å². The second-order valence-electron chi connectivity index (χ2n) is 8.60. The molecule has 3 aromatic rings. The second kappa shape index (κ2) is 13.0. The third kappa shape index (κ3) is 7.99. The van der Waals surface area contributed by atoms with E-state index in [4.69, 9.17) is 34.8 Å². The number of halogens is 3. The Balaban J connectivity index is 1.98. The molecule has 0 aliphatic heterocycles. The molecule has 0 heterocycles. The molecule has 2 unspecified atom stereocenters. The maximum Gasteiger partial charge on any atom is 0.243 e. The van der Waals surface area contributed by atoms with Crippen LogP contribution < -0.4 is 5.32 Å². The van der Waals surface area contributed by atoms with E-state index in [0.717, 1.165) is 23.1 Å². The number of nitrogens with one attached hydrogen (secondary N) is 1. The second-order valence-corrected chi connectivity index (χ2v) is 9.85. The Labute approximate surface area is 222 Å². The summed E-state index contributed by atoms with van der Waals surface area (Å²) < 4.78 is 0. The largest absolute Gasteiger partial charge is 0.352 e. The van der Waals surface area contributed by atoms with Gasteiger partial charge in [-0.25, -0.2) is 0 Å². The van der Waals surface area contributed by atoms with E-state index in [-0.39, 0.29) is 30.8 Å². The quantitative estimate of drug-likeness (QED) is 0.315. The third-order valence-corrected chi connectivity index (χ3v) is 6.83. The zero-order chi connectivity index (χ0) is 25.4. The number of nitrogens with zero attached hydrogens (tertiary/aromatic N) is 1. The van der Waals surface area contributed by atoms with E-state index >= 15 is 0 Å². The summed E-state index contributed by atoms with van der Waals surface area (Å²) >= 11 is 18.5. The Morgan fingerprint density at radius 1 is 0.857 bits per heavy atom. The van der Waals surface area contributed by atoms with Gasteiger partial charge in [-0.1, -0.05) is 90.3 Å². The van der Waals surface area contributed by atoms with Crippen molar-refractivity contribution in [3.05, 3.63) is 105 Å². The van der Waals surface area contributed by atoms with Crippen molar-refractivity contribution < 1.29 is 9.59 Å². The first-order valence-electron chi connectivity index (χ1n) is 11.6. The third-order valence-electron chi connectivity index (χ3n) is 5.85. The standard InChI is InChI=1S/C28H29Cl3N2O2/c1-3-19(2)32-28(35)26(16-20-8-5-4-6-9-20)33(18-22-10-7-11-23(29)14-22)27(34)17-21-12-13-24(30)25(31)15-21/h4-15,19,26H,3,16-18H2,1-2H3,(H,32,35). The van der Waals surface area contributed by atoms with Crippen molar-refractivity contribution in [2.45, 2.75) is 51.7 Å². The normalized spacial score (nSPS) is 12.6. The Bertz CT molecular complexity index is 1150. The van der Waals surface area contributed by atoms with E-state index < -0.39 is 6.04 Å². The number of carbonyl (C=O) groups excluding carboxylic acids is 2. The number of carbonyl (C=O) groups is 2. The first-order chi connectivity index (χ1) is 16.8. The Morgan fingerprint density at radius 2 is 1.57 bits per heavy atom. The molecule has 0 spiro atoms. The first-order valence-corrected chi connectivity index (χ1v) is 12.7. The van der Waals surface area contributed by atoms with Gasteiger partial charge in [-0.05, 0) is 54.3 Å². The Kier molecular flexibility index (Phi) is 10.0. The molecule has 0 bridgehead atoms. The van der Waals surface area contributed by atoms with E-state index in [2.05, 4.69) is 5.32 Å². The van der Waals surface area contributed by atoms with Crippen LogP contribution in [0.1, 0.15) is 37.0 Å². The van der Waals surface area contributed by atoms with Gasteiger partial charge in [0.25, 0.3) is 0 Å². The van der Waals surface area contributed by atoms with Crippen molar-refractivity contribution in [2.24, 2.45) is 0 Å². The van der Waals surface area contributed by atoms with E-state index in [9.17, 15) is 9.59 Å². The molecule has 0 saturated carbocycles. The highest BCUT2D eigenvalue weighted by molar-refractivity contribution is 6.42. The number of amides is 2. The van der Waals surface area contributed by atoms with Crippen molar-refractivity contribution in [1.29, 1.82) is 0 Å². The van der Waals surface area contributed by atoms with E-state index in [1.54, 1.807) is 29.2 Å². The fourth-order valence-electron chi connectivity index (χ4n) is 3.75. The van der Waals surface area contributed by atoms with E-state index in [1.165, 1.54) is 0 Å². The molecule has 0 aliphatic carbocycles. The number of benzene rings is 3. The predicted molar refractivity (Wildman–Crippen MR) is 144 cm³/mol. The van der Waals surface area contributed by atoms with Crippen molar-refractivity contribution in [3.8, 4) is 0 Å². The minimum atomic E-state index is -0.708. The molecule has 7 heteroatoms. The minimum Gasteiger partial charge on any atom is -0.352 e. The van der Waals surface area contributed by atoms with Crippen LogP contribution in [-0.2, 0) is 29.0 Å².